The molecule has 1 N–H and O–H groups in total. The number of rotatable bonds is 7. The van der Waals surface area contributed by atoms with Crippen LogP contribution < -0.4 is 10.1 Å². The average Bonchev–Trinajstić information content (AvgIpc) is 2.63. The van der Waals surface area contributed by atoms with E-state index in [4.69, 9.17) is 4.74 Å². The molecule has 6 nitrogen and oxygen atoms in total. The highest BCUT2D eigenvalue weighted by atomic mass is 32.2. The van der Waals surface area contributed by atoms with Gasteiger partial charge in [-0.3, -0.25) is 4.79 Å². The van der Waals surface area contributed by atoms with E-state index in [2.05, 4.69) is 5.32 Å². The Morgan fingerprint density at radius 2 is 1.77 bits per heavy atom. The van der Waals surface area contributed by atoms with Gasteiger partial charge in [0.25, 0.3) is 5.91 Å². The van der Waals surface area contributed by atoms with Crippen LogP contribution in [0.4, 0.5) is 5.69 Å². The van der Waals surface area contributed by atoms with Crippen LogP contribution in [-0.4, -0.2) is 38.8 Å². The van der Waals surface area contributed by atoms with Crippen molar-refractivity contribution >= 4 is 21.6 Å². The standard InChI is InChI=1S/C19H24N2O4S/c1-5-21(6-2)26(23,24)15-11-12-18(25-4)16(13-15)19(22)20-17-10-8-7-9-14(17)3/h7-13H,5-6H2,1-4H3,(H,20,22). The molecule has 2 aromatic rings. The zero-order valence-electron chi connectivity index (χ0n) is 15.4. The lowest BCUT2D eigenvalue weighted by atomic mass is 10.1. The minimum atomic E-state index is -3.67. The summed E-state index contributed by atoms with van der Waals surface area (Å²) in [5, 5.41) is 2.81. The Morgan fingerprint density at radius 1 is 1.12 bits per heavy atom. The van der Waals surface area contributed by atoms with Crippen LogP contribution in [-0.2, 0) is 10.0 Å². The monoisotopic (exact) mass is 376 g/mol. The highest BCUT2D eigenvalue weighted by Gasteiger charge is 2.24. The van der Waals surface area contributed by atoms with Gasteiger partial charge >= 0.3 is 0 Å². The molecule has 0 bridgehead atoms. The molecular formula is C19H24N2O4S. The SMILES string of the molecule is CCN(CC)S(=O)(=O)c1ccc(OC)c(C(=O)Nc2ccccc2C)c1. The molecule has 1 amide bonds. The lowest BCUT2D eigenvalue weighted by Crippen LogP contribution is -2.30. The summed E-state index contributed by atoms with van der Waals surface area (Å²) < 4.78 is 32.1. The van der Waals surface area contributed by atoms with Crippen molar-refractivity contribution in [3.05, 3.63) is 53.6 Å². The number of methoxy groups -OCH3 is 1. The van der Waals surface area contributed by atoms with E-state index in [0.29, 0.717) is 24.5 Å². The molecule has 0 unspecified atom stereocenters. The summed E-state index contributed by atoms with van der Waals surface area (Å²) in [7, 11) is -2.22. The molecule has 0 aliphatic rings. The molecule has 0 aromatic heterocycles. The number of aryl methyl sites for hydroxylation is 1. The molecule has 26 heavy (non-hydrogen) atoms. The number of ether oxygens (including phenoxy) is 1. The fourth-order valence-electron chi connectivity index (χ4n) is 2.64. The topological polar surface area (TPSA) is 75.7 Å². The van der Waals surface area contributed by atoms with E-state index in [9.17, 15) is 13.2 Å². The molecule has 0 fully saturated rings. The fraction of sp³-hybridized carbons (Fsp3) is 0.316. The van der Waals surface area contributed by atoms with Gasteiger partial charge in [-0.25, -0.2) is 8.42 Å². The van der Waals surface area contributed by atoms with Crippen molar-refractivity contribution < 1.29 is 17.9 Å². The van der Waals surface area contributed by atoms with Gasteiger partial charge in [0.1, 0.15) is 5.75 Å². The highest BCUT2D eigenvalue weighted by Crippen LogP contribution is 2.26. The van der Waals surface area contributed by atoms with Gasteiger partial charge in [-0.15, -0.1) is 0 Å². The lowest BCUT2D eigenvalue weighted by molar-refractivity contribution is 0.102. The van der Waals surface area contributed by atoms with Crippen molar-refractivity contribution in [3.8, 4) is 5.75 Å². The Labute approximate surface area is 154 Å². The van der Waals surface area contributed by atoms with Crippen molar-refractivity contribution in [1.29, 1.82) is 0 Å². The van der Waals surface area contributed by atoms with Crippen LogP contribution in [0.2, 0.25) is 0 Å². The van der Waals surface area contributed by atoms with Gasteiger partial charge in [0.05, 0.1) is 17.6 Å². The molecule has 2 rings (SSSR count). The molecule has 0 spiro atoms. The number of para-hydroxylation sites is 1. The quantitative estimate of drug-likeness (QED) is 0.805. The second-order valence-electron chi connectivity index (χ2n) is 5.72. The van der Waals surface area contributed by atoms with Crippen molar-refractivity contribution in [2.24, 2.45) is 0 Å². The normalized spacial score (nSPS) is 11.4. The maximum atomic E-state index is 12.7. The largest absolute Gasteiger partial charge is 0.496 e. The van der Waals surface area contributed by atoms with Gasteiger partial charge < -0.3 is 10.1 Å². The van der Waals surface area contributed by atoms with Gasteiger partial charge in [-0.1, -0.05) is 32.0 Å². The molecule has 0 atom stereocenters. The number of hydrogen-bond acceptors (Lipinski definition) is 4. The Hall–Kier alpha value is -2.38. The smallest absolute Gasteiger partial charge is 0.259 e. The highest BCUT2D eigenvalue weighted by molar-refractivity contribution is 7.89. The zero-order valence-corrected chi connectivity index (χ0v) is 16.3. The van der Waals surface area contributed by atoms with Crippen molar-refractivity contribution in [1.82, 2.24) is 4.31 Å². The number of anilines is 1. The molecule has 0 heterocycles. The summed E-state index contributed by atoms with van der Waals surface area (Å²) in [6, 6.07) is 11.7. The second-order valence-corrected chi connectivity index (χ2v) is 7.66. The maximum Gasteiger partial charge on any atom is 0.259 e. The number of nitrogens with zero attached hydrogens (tertiary/aromatic N) is 1. The van der Waals surface area contributed by atoms with Gasteiger partial charge in [0.2, 0.25) is 10.0 Å². The molecule has 140 valence electrons. The second kappa shape index (κ2) is 8.33. The third-order valence-corrected chi connectivity index (χ3v) is 6.20. The number of sulfonamides is 1. The first-order valence-electron chi connectivity index (χ1n) is 8.40. The number of carbonyl (C=O) groups is 1. The summed E-state index contributed by atoms with van der Waals surface area (Å²) in [5.41, 5.74) is 1.74. The zero-order chi connectivity index (χ0) is 19.3. The molecule has 0 saturated heterocycles. The van der Waals surface area contributed by atoms with E-state index in [1.54, 1.807) is 19.9 Å². The summed E-state index contributed by atoms with van der Waals surface area (Å²) in [6.07, 6.45) is 0. The molecule has 0 aliphatic heterocycles. The maximum absolute atomic E-state index is 12.7. The number of carbonyl (C=O) groups excluding carboxylic acids is 1. The van der Waals surface area contributed by atoms with Crippen LogP contribution in [0.25, 0.3) is 0 Å². The molecule has 0 aliphatic carbocycles. The summed E-state index contributed by atoms with van der Waals surface area (Å²) in [6.45, 7) is 6.14. The van der Waals surface area contributed by atoms with Crippen molar-refractivity contribution in [2.75, 3.05) is 25.5 Å². The van der Waals surface area contributed by atoms with Crippen LogP contribution >= 0.6 is 0 Å². The van der Waals surface area contributed by atoms with E-state index in [-0.39, 0.29) is 10.5 Å². The van der Waals surface area contributed by atoms with Crippen LogP contribution in [0.5, 0.6) is 5.75 Å². The Kier molecular flexibility index (Phi) is 6.39. The predicted octanol–water partition coefficient (Wildman–Crippen LogP) is 3.29. The van der Waals surface area contributed by atoms with Crippen molar-refractivity contribution in [3.63, 3.8) is 0 Å². The molecule has 0 radical (unpaired) electrons. The minimum Gasteiger partial charge on any atom is -0.496 e. The van der Waals surface area contributed by atoms with E-state index < -0.39 is 15.9 Å². The first-order chi connectivity index (χ1) is 12.3. The Morgan fingerprint density at radius 3 is 2.35 bits per heavy atom. The summed E-state index contributed by atoms with van der Waals surface area (Å²) >= 11 is 0. The summed E-state index contributed by atoms with van der Waals surface area (Å²) in [4.78, 5) is 12.8. The fourth-order valence-corrected chi connectivity index (χ4v) is 4.13. The van der Waals surface area contributed by atoms with Gasteiger partial charge in [-0.2, -0.15) is 4.31 Å². The molecule has 7 heteroatoms. The third kappa shape index (κ3) is 4.05. The Bertz CT molecular complexity index is 890. The van der Waals surface area contributed by atoms with E-state index in [0.717, 1.165) is 5.56 Å². The van der Waals surface area contributed by atoms with Gasteiger partial charge in [0, 0.05) is 18.8 Å². The number of benzene rings is 2. The van der Waals surface area contributed by atoms with Crippen LogP contribution in [0.15, 0.2) is 47.4 Å². The van der Waals surface area contributed by atoms with Gasteiger partial charge in [0.15, 0.2) is 0 Å². The first-order valence-corrected chi connectivity index (χ1v) is 9.84. The number of nitrogens with one attached hydrogen (secondary N) is 1. The predicted molar refractivity (Wildman–Crippen MR) is 102 cm³/mol. The molecular weight excluding hydrogens is 352 g/mol. The third-order valence-electron chi connectivity index (χ3n) is 4.15. The number of amides is 1. The van der Waals surface area contributed by atoms with E-state index in [1.165, 1.54) is 29.6 Å². The van der Waals surface area contributed by atoms with E-state index in [1.807, 2.05) is 25.1 Å². The summed E-state index contributed by atoms with van der Waals surface area (Å²) in [5.74, 6) is -0.109. The van der Waals surface area contributed by atoms with Crippen LogP contribution in [0, 0.1) is 6.92 Å². The van der Waals surface area contributed by atoms with E-state index >= 15 is 0 Å². The number of hydrogen-bond donors (Lipinski definition) is 1. The van der Waals surface area contributed by atoms with Crippen molar-refractivity contribution in [2.45, 2.75) is 25.7 Å². The Balaban J connectivity index is 2.44. The minimum absolute atomic E-state index is 0.0666. The first kappa shape index (κ1) is 19.9. The average molecular weight is 376 g/mol. The lowest BCUT2D eigenvalue weighted by Gasteiger charge is -2.19. The van der Waals surface area contributed by atoms with Crippen LogP contribution in [0.3, 0.4) is 0 Å². The molecule has 0 saturated carbocycles. The molecule has 2 aromatic carbocycles. The van der Waals surface area contributed by atoms with Crippen LogP contribution in [0.1, 0.15) is 29.8 Å². The van der Waals surface area contributed by atoms with Gasteiger partial charge in [-0.05, 0) is 36.8 Å².